The molecule has 2 aromatic carbocycles. The van der Waals surface area contributed by atoms with E-state index in [0.717, 1.165) is 54.0 Å². The van der Waals surface area contributed by atoms with Crippen LogP contribution in [-0.4, -0.2) is 35.7 Å². The summed E-state index contributed by atoms with van der Waals surface area (Å²) in [6, 6.07) is 13.5. The first-order valence-corrected chi connectivity index (χ1v) is 12.7. The molecule has 1 heterocycles. The SMILES string of the molecule is CCCCC(=O)Nc1ccc(CN2N=C(c3ccc(OC)c(OC4CCCC4)c3)CCC2=O)cc1. The number of ether oxygens (including phenoxy) is 2. The van der Waals surface area contributed by atoms with Gasteiger partial charge in [0.15, 0.2) is 11.5 Å². The van der Waals surface area contributed by atoms with Crippen LogP contribution in [0.4, 0.5) is 5.69 Å². The molecule has 1 N–H and O–H groups in total. The standard InChI is InChI=1S/C28H35N3O4/c1-3-4-9-27(32)29-22-13-10-20(11-14-22)19-31-28(33)17-15-24(30-31)21-12-16-25(34-2)26(18-21)35-23-7-5-6-8-23/h10-14,16,18,23H,3-9,15,17,19H2,1-2H3,(H,29,32). The second-order valence-corrected chi connectivity index (χ2v) is 9.24. The van der Waals surface area contributed by atoms with Crippen LogP contribution in [0.25, 0.3) is 0 Å². The lowest BCUT2D eigenvalue weighted by Crippen LogP contribution is -2.31. The van der Waals surface area contributed by atoms with Gasteiger partial charge in [-0.3, -0.25) is 9.59 Å². The van der Waals surface area contributed by atoms with Crippen molar-refractivity contribution in [2.45, 2.75) is 77.4 Å². The van der Waals surface area contributed by atoms with E-state index in [1.54, 1.807) is 7.11 Å². The fourth-order valence-electron chi connectivity index (χ4n) is 4.49. The predicted molar refractivity (Wildman–Crippen MR) is 137 cm³/mol. The Morgan fingerprint density at radius 1 is 1.09 bits per heavy atom. The van der Waals surface area contributed by atoms with Gasteiger partial charge in [-0.25, -0.2) is 5.01 Å². The first-order chi connectivity index (χ1) is 17.1. The number of hydrogen-bond acceptors (Lipinski definition) is 5. The number of anilines is 1. The molecule has 1 aliphatic heterocycles. The third-order valence-corrected chi connectivity index (χ3v) is 6.53. The van der Waals surface area contributed by atoms with Crippen LogP contribution in [0.3, 0.4) is 0 Å². The van der Waals surface area contributed by atoms with Gasteiger partial charge in [-0.05, 0) is 68.0 Å². The number of benzene rings is 2. The minimum atomic E-state index is 0.00151. The highest BCUT2D eigenvalue weighted by atomic mass is 16.5. The fraction of sp³-hybridized carbons (Fsp3) is 0.464. The largest absolute Gasteiger partial charge is 0.493 e. The third kappa shape index (κ3) is 6.62. The van der Waals surface area contributed by atoms with E-state index in [9.17, 15) is 9.59 Å². The highest BCUT2D eigenvalue weighted by Crippen LogP contribution is 2.33. The molecule has 4 rings (SSSR count). The molecule has 0 aromatic heterocycles. The van der Waals surface area contributed by atoms with Crippen molar-refractivity contribution in [3.8, 4) is 11.5 Å². The number of hydrazone groups is 1. The molecule has 2 aromatic rings. The van der Waals surface area contributed by atoms with Crippen molar-refractivity contribution in [3.63, 3.8) is 0 Å². The van der Waals surface area contributed by atoms with Crippen LogP contribution < -0.4 is 14.8 Å². The summed E-state index contributed by atoms with van der Waals surface area (Å²) < 4.78 is 11.8. The second kappa shape index (κ2) is 11.9. The summed E-state index contributed by atoms with van der Waals surface area (Å²) in [6.07, 6.45) is 8.15. The van der Waals surface area contributed by atoms with E-state index in [1.165, 1.54) is 17.9 Å². The van der Waals surface area contributed by atoms with Crippen molar-refractivity contribution in [2.75, 3.05) is 12.4 Å². The lowest BCUT2D eigenvalue weighted by Gasteiger charge is -2.24. The Balaban J connectivity index is 1.45. The van der Waals surface area contributed by atoms with Crippen molar-refractivity contribution in [2.24, 2.45) is 5.10 Å². The van der Waals surface area contributed by atoms with Crippen LogP contribution in [0.2, 0.25) is 0 Å². The number of methoxy groups -OCH3 is 1. The zero-order valence-electron chi connectivity index (χ0n) is 20.7. The van der Waals surface area contributed by atoms with E-state index in [4.69, 9.17) is 14.6 Å². The average molecular weight is 478 g/mol. The summed E-state index contributed by atoms with van der Waals surface area (Å²) >= 11 is 0. The van der Waals surface area contributed by atoms with Gasteiger partial charge < -0.3 is 14.8 Å². The molecule has 0 saturated heterocycles. The molecule has 1 fully saturated rings. The molecular formula is C28H35N3O4. The Bertz CT molecular complexity index is 1060. The van der Waals surface area contributed by atoms with Crippen molar-refractivity contribution >= 4 is 23.2 Å². The van der Waals surface area contributed by atoms with E-state index < -0.39 is 0 Å². The molecule has 2 aliphatic rings. The van der Waals surface area contributed by atoms with Gasteiger partial charge in [0, 0.05) is 30.5 Å². The van der Waals surface area contributed by atoms with Crippen LogP contribution in [0.5, 0.6) is 11.5 Å². The number of rotatable bonds is 10. The minimum absolute atomic E-state index is 0.00151. The Labute approximate surface area is 207 Å². The molecule has 0 spiro atoms. The number of carbonyl (C=O) groups is 2. The smallest absolute Gasteiger partial charge is 0.243 e. The summed E-state index contributed by atoms with van der Waals surface area (Å²) in [5.74, 6) is 1.48. The van der Waals surface area contributed by atoms with E-state index in [2.05, 4.69) is 12.2 Å². The van der Waals surface area contributed by atoms with Crippen LogP contribution in [-0.2, 0) is 16.1 Å². The van der Waals surface area contributed by atoms with Crippen LogP contribution >= 0.6 is 0 Å². The quantitative estimate of drug-likeness (QED) is 0.478. The monoisotopic (exact) mass is 477 g/mol. The summed E-state index contributed by atoms with van der Waals surface area (Å²) in [5.41, 5.74) is 3.52. The van der Waals surface area contributed by atoms with Gasteiger partial charge in [-0.2, -0.15) is 5.10 Å². The van der Waals surface area contributed by atoms with Gasteiger partial charge in [0.2, 0.25) is 11.8 Å². The third-order valence-electron chi connectivity index (χ3n) is 6.53. The molecule has 7 heteroatoms. The van der Waals surface area contributed by atoms with Gasteiger partial charge in [0.25, 0.3) is 0 Å². The Hall–Kier alpha value is -3.35. The fourth-order valence-corrected chi connectivity index (χ4v) is 4.49. The number of hydrogen-bond donors (Lipinski definition) is 1. The summed E-state index contributed by atoms with van der Waals surface area (Å²) in [5, 5.41) is 9.15. The molecule has 0 bridgehead atoms. The van der Waals surface area contributed by atoms with Crippen molar-refractivity contribution in [1.29, 1.82) is 0 Å². The average Bonchev–Trinajstić information content (AvgIpc) is 3.38. The summed E-state index contributed by atoms with van der Waals surface area (Å²) in [4.78, 5) is 24.6. The first-order valence-electron chi connectivity index (χ1n) is 12.7. The van der Waals surface area contributed by atoms with Crippen molar-refractivity contribution < 1.29 is 19.1 Å². The van der Waals surface area contributed by atoms with Gasteiger partial charge in [-0.1, -0.05) is 25.5 Å². The molecule has 1 saturated carbocycles. The topological polar surface area (TPSA) is 80.2 Å². The molecule has 2 amide bonds. The molecule has 1 aliphatic carbocycles. The van der Waals surface area contributed by atoms with Gasteiger partial charge in [0.1, 0.15) is 0 Å². The zero-order valence-corrected chi connectivity index (χ0v) is 20.7. The molecule has 7 nitrogen and oxygen atoms in total. The first kappa shape index (κ1) is 24.8. The lowest BCUT2D eigenvalue weighted by molar-refractivity contribution is -0.132. The number of amides is 2. The van der Waals surface area contributed by atoms with Crippen LogP contribution in [0.1, 0.15) is 75.8 Å². The second-order valence-electron chi connectivity index (χ2n) is 9.24. The van der Waals surface area contributed by atoms with Gasteiger partial charge in [-0.15, -0.1) is 0 Å². The number of nitrogens with zero attached hydrogens (tertiary/aromatic N) is 2. The zero-order chi connectivity index (χ0) is 24.6. The number of nitrogens with one attached hydrogen (secondary N) is 1. The molecule has 186 valence electrons. The van der Waals surface area contributed by atoms with E-state index in [0.29, 0.717) is 31.6 Å². The minimum Gasteiger partial charge on any atom is -0.493 e. The predicted octanol–water partition coefficient (Wildman–Crippen LogP) is 5.67. The molecule has 0 unspecified atom stereocenters. The molecule has 0 radical (unpaired) electrons. The summed E-state index contributed by atoms with van der Waals surface area (Å²) in [7, 11) is 1.65. The maximum Gasteiger partial charge on any atom is 0.243 e. The van der Waals surface area contributed by atoms with E-state index >= 15 is 0 Å². The normalized spacial score (nSPS) is 16.2. The lowest BCUT2D eigenvalue weighted by atomic mass is 10.0. The molecular weight excluding hydrogens is 442 g/mol. The van der Waals surface area contributed by atoms with Gasteiger partial charge >= 0.3 is 0 Å². The highest BCUT2D eigenvalue weighted by molar-refractivity contribution is 6.04. The van der Waals surface area contributed by atoms with Gasteiger partial charge in [0.05, 0.1) is 25.5 Å². The maximum atomic E-state index is 12.6. The van der Waals surface area contributed by atoms with E-state index in [-0.39, 0.29) is 17.9 Å². The van der Waals surface area contributed by atoms with E-state index in [1.807, 2.05) is 42.5 Å². The molecule has 35 heavy (non-hydrogen) atoms. The Kier molecular flexibility index (Phi) is 8.40. The Morgan fingerprint density at radius 3 is 2.57 bits per heavy atom. The van der Waals surface area contributed by atoms with Crippen molar-refractivity contribution in [1.82, 2.24) is 5.01 Å². The van der Waals surface area contributed by atoms with Crippen molar-refractivity contribution in [3.05, 3.63) is 53.6 Å². The van der Waals surface area contributed by atoms with Crippen LogP contribution in [0, 0.1) is 0 Å². The highest BCUT2D eigenvalue weighted by Gasteiger charge is 2.24. The number of carbonyl (C=O) groups excluding carboxylic acids is 2. The Morgan fingerprint density at radius 2 is 1.86 bits per heavy atom. The number of unbranched alkanes of at least 4 members (excludes halogenated alkanes) is 1. The summed E-state index contributed by atoms with van der Waals surface area (Å²) in [6.45, 7) is 2.45. The molecule has 0 atom stereocenters. The maximum absolute atomic E-state index is 12.6. The van der Waals surface area contributed by atoms with Crippen LogP contribution in [0.15, 0.2) is 47.6 Å².